The molecule has 2 aliphatic rings. The molecule has 0 amide bonds. The Balaban J connectivity index is 0.000000248. The third kappa shape index (κ3) is 16.3. The van der Waals surface area contributed by atoms with Crippen LogP contribution < -0.4 is 52.1 Å². The van der Waals surface area contributed by atoms with Crippen molar-refractivity contribution in [1.29, 1.82) is 0 Å². The molecule has 0 spiro atoms. The molecule has 2 aliphatic heterocycles. The molecule has 474 valence electrons. The van der Waals surface area contributed by atoms with Crippen LogP contribution in [-0.2, 0) is 86.9 Å². The van der Waals surface area contributed by atoms with Gasteiger partial charge < -0.3 is 29.2 Å². The van der Waals surface area contributed by atoms with Crippen molar-refractivity contribution in [3.05, 3.63) is 137 Å². The predicted octanol–water partition coefficient (Wildman–Crippen LogP) is 4.90. The molecule has 2 fully saturated rings. The van der Waals surface area contributed by atoms with Gasteiger partial charge in [0.25, 0.3) is 11.1 Å². The number of carbonyl (C=O) groups excluding carboxylic acids is 3. The summed E-state index contributed by atoms with van der Waals surface area (Å²) in [6, 6.07) is 9.28. The Morgan fingerprint density at radius 1 is 0.652 bits per heavy atom. The second kappa shape index (κ2) is 31.3. The maximum Gasteiger partial charge on any atom is 1.00 e. The molecule has 89 heavy (non-hydrogen) atoms. The van der Waals surface area contributed by atoms with Gasteiger partial charge in [-0.2, -0.15) is 36.5 Å². The number of imidazole rings is 2. The maximum atomic E-state index is 13.6. The van der Waals surface area contributed by atoms with Crippen molar-refractivity contribution in [1.82, 2.24) is 56.9 Å². The number of aryl methyl sites for hydroxylation is 2. The van der Waals surface area contributed by atoms with E-state index in [1.54, 1.807) is 33.0 Å². The normalized spacial score (nSPS) is 13.8. The molecule has 0 saturated carbocycles. The minimum atomic E-state index is -4.49. The number of carbonyl (C=O) groups is 2. The van der Waals surface area contributed by atoms with Gasteiger partial charge in [0, 0.05) is 65.0 Å². The van der Waals surface area contributed by atoms with Gasteiger partial charge in [-0.05, 0) is 74.9 Å². The minimum Gasteiger partial charge on any atom is -0.870 e. The summed E-state index contributed by atoms with van der Waals surface area (Å²) < 4.78 is 110. The van der Waals surface area contributed by atoms with Crippen molar-refractivity contribution in [2.24, 2.45) is 11.8 Å². The number of benzene rings is 2. The molecule has 0 atom stereocenters. The zero-order valence-corrected chi connectivity index (χ0v) is 52.0. The standard InChI is InChI=1S/C28H31F3N6O5.C23H22ClF3N6O4.C6H9O2.Na.H2O/c1-3-10-36-25(38)22-24(35(4-2)27(36)40)33-23(37(22)17-42-26(39)19-8-11-41-12-9-19)20-14-32-34(16-20)15-18-6-5-7-21(13-18)28(29,30)31;1-3-8-32-20(34)17-19(31(4-2)21(32)35)29-18(33(17)22(36)37-13-24)15-10-28-30(12-15)11-14-6-5-7-16(9-14)23(25,26)27;7-5-6-1-3-8-4-2-6;;/h5-7,13-14,16,19H,3-4,8-12,15,17H2,1-2H3;5-7,9-10,12H,3-4,8,11,13H2,1-2H3;6H,1-4H2;;1H2/q;;-1;+1;/p-1. The van der Waals surface area contributed by atoms with Crippen molar-refractivity contribution in [3.63, 3.8) is 0 Å². The fraction of sp³-hybridized carbons (Fsp3) is 0.456. The van der Waals surface area contributed by atoms with Crippen LogP contribution in [0.3, 0.4) is 0 Å². The van der Waals surface area contributed by atoms with E-state index < -0.39 is 64.1 Å². The number of alkyl halides is 7. The summed E-state index contributed by atoms with van der Waals surface area (Å²) in [4.78, 5) is 97.7. The van der Waals surface area contributed by atoms with Gasteiger partial charge in [-0.25, -0.2) is 28.9 Å². The summed E-state index contributed by atoms with van der Waals surface area (Å²) in [5, 5.41) is 8.48. The van der Waals surface area contributed by atoms with Gasteiger partial charge in [0.1, 0.15) is 5.82 Å². The van der Waals surface area contributed by atoms with E-state index in [4.69, 9.17) is 30.5 Å². The predicted molar refractivity (Wildman–Crippen MR) is 305 cm³/mol. The van der Waals surface area contributed by atoms with Crippen LogP contribution in [-0.4, -0.2) is 113 Å². The largest absolute Gasteiger partial charge is 1.00 e. The van der Waals surface area contributed by atoms with E-state index in [2.05, 4.69) is 20.2 Å². The Labute approximate surface area is 530 Å². The molecule has 8 heterocycles. The fourth-order valence-corrected chi connectivity index (χ4v) is 10.1. The van der Waals surface area contributed by atoms with Crippen LogP contribution in [0.15, 0.2) is 92.5 Å². The fourth-order valence-electron chi connectivity index (χ4n) is 9.96. The Morgan fingerprint density at radius 2 is 1.11 bits per heavy atom. The van der Waals surface area contributed by atoms with E-state index in [0.29, 0.717) is 55.6 Å². The summed E-state index contributed by atoms with van der Waals surface area (Å²) in [7, 11) is 0. The number of ether oxygens (including phenoxy) is 4. The minimum absolute atomic E-state index is 0. The first kappa shape index (κ1) is 70.6. The van der Waals surface area contributed by atoms with Crippen LogP contribution in [0.4, 0.5) is 31.1 Å². The summed E-state index contributed by atoms with van der Waals surface area (Å²) in [6.45, 7) is 9.96. The second-order valence-corrected chi connectivity index (χ2v) is 20.4. The molecule has 1 N–H and O–H groups in total. The zero-order valence-electron chi connectivity index (χ0n) is 49.3. The van der Waals surface area contributed by atoms with Gasteiger partial charge >= 0.3 is 65.4 Å². The topological polar surface area (TPSA) is 277 Å². The molecule has 32 heteroatoms. The van der Waals surface area contributed by atoms with Crippen LogP contribution in [0, 0.1) is 11.8 Å². The first-order valence-electron chi connectivity index (χ1n) is 28.0. The Kier molecular flexibility index (Phi) is 24.8. The van der Waals surface area contributed by atoms with Crippen LogP contribution in [0.1, 0.15) is 88.5 Å². The number of rotatable bonds is 17. The van der Waals surface area contributed by atoms with Crippen LogP contribution in [0.25, 0.3) is 45.1 Å². The Hall–Kier alpha value is -7.48. The average molecular weight is 1280 g/mol. The zero-order chi connectivity index (χ0) is 62.7. The quantitative estimate of drug-likeness (QED) is 0.0385. The third-order valence-electron chi connectivity index (χ3n) is 14.3. The van der Waals surface area contributed by atoms with Crippen molar-refractivity contribution in [2.45, 2.75) is 125 Å². The monoisotopic (exact) mass is 1280 g/mol. The van der Waals surface area contributed by atoms with Crippen LogP contribution in [0.2, 0.25) is 0 Å². The first-order valence-corrected chi connectivity index (χ1v) is 28.5. The SMILES string of the molecule is CCCn1c(=O)c2c(nc(-c3cnn(Cc4cccc(C(F)(F)F)c4)c3)n2C(=O)OCCl)n(CC)c1=O.CCCn1c(=O)c2c(nc(-c3cnn(Cc4cccc(C(F)(F)F)c4)c3)n2COC(=O)C2CCOCC2)n(CC)c1=O.O=[C-]C1CCOCC1.[Na+].[OH-]. The molecule has 8 aromatic rings. The van der Waals surface area contributed by atoms with Crippen molar-refractivity contribution in [3.8, 4) is 22.8 Å². The number of hydrogen-bond donors (Lipinski definition) is 0. The Bertz CT molecular complexity index is 4000. The molecular formula is C57H63ClF6N12NaO12-. The smallest absolute Gasteiger partial charge is 0.870 e. The van der Waals surface area contributed by atoms with E-state index in [-0.39, 0.29) is 132 Å². The van der Waals surface area contributed by atoms with Gasteiger partial charge in [-0.3, -0.25) is 52.9 Å². The molecule has 2 aromatic carbocycles. The van der Waals surface area contributed by atoms with E-state index in [9.17, 15) is 59.9 Å². The van der Waals surface area contributed by atoms with Crippen molar-refractivity contribution < 1.29 is 94.7 Å². The number of aromatic nitrogens is 12. The summed E-state index contributed by atoms with van der Waals surface area (Å²) >= 11 is 5.59. The maximum absolute atomic E-state index is 13.6. The van der Waals surface area contributed by atoms with E-state index in [1.807, 2.05) is 13.2 Å². The van der Waals surface area contributed by atoms with Crippen molar-refractivity contribution in [2.75, 3.05) is 32.5 Å². The number of halogens is 7. The van der Waals surface area contributed by atoms with E-state index >= 15 is 0 Å². The van der Waals surface area contributed by atoms with Crippen molar-refractivity contribution >= 4 is 52.3 Å². The second-order valence-electron chi connectivity index (χ2n) is 20.2. The van der Waals surface area contributed by atoms with E-state index in [0.717, 1.165) is 64.0 Å². The van der Waals surface area contributed by atoms with Gasteiger partial charge in [0.05, 0.1) is 53.7 Å². The number of esters is 1. The number of fused-ring (bicyclic) bond motifs is 2. The molecule has 10 rings (SSSR count). The molecule has 0 aliphatic carbocycles. The number of nitrogens with zero attached hydrogens (tertiary/aromatic N) is 12. The molecule has 0 unspecified atom stereocenters. The molecular weight excluding hydrogens is 1220 g/mol. The molecule has 0 radical (unpaired) electrons. The molecule has 6 aromatic heterocycles. The summed E-state index contributed by atoms with van der Waals surface area (Å²) in [6.07, 6.45) is 1.71. The summed E-state index contributed by atoms with van der Waals surface area (Å²) in [5.74, 6) is -0.410. The van der Waals surface area contributed by atoms with Gasteiger partial charge in [0.15, 0.2) is 40.9 Å². The molecule has 0 bridgehead atoms. The third-order valence-corrected chi connectivity index (χ3v) is 14.4. The number of hydrogen-bond acceptors (Lipinski definition) is 16. The summed E-state index contributed by atoms with van der Waals surface area (Å²) in [5.41, 5.74) is -2.38. The van der Waals surface area contributed by atoms with E-state index in [1.165, 1.54) is 59.9 Å². The van der Waals surface area contributed by atoms with Crippen LogP contribution in [0.5, 0.6) is 0 Å². The first-order chi connectivity index (χ1) is 41.6. The van der Waals surface area contributed by atoms with Gasteiger partial charge in [-0.15, -0.1) is 5.92 Å². The van der Waals surface area contributed by atoms with Gasteiger partial charge in [0.2, 0.25) is 0 Å². The molecule has 2 saturated heterocycles. The molecule has 24 nitrogen and oxygen atoms in total. The average Bonchev–Trinajstić information content (AvgIpc) is 1.63. The van der Waals surface area contributed by atoms with Crippen LogP contribution >= 0.6 is 11.6 Å². The van der Waals surface area contributed by atoms with Gasteiger partial charge in [-0.1, -0.05) is 62.6 Å². The Morgan fingerprint density at radius 3 is 1.56 bits per heavy atom.